The Morgan fingerprint density at radius 1 is 1.17 bits per heavy atom. The van der Waals surface area contributed by atoms with Crippen LogP contribution in [0.1, 0.15) is 39.0 Å². The van der Waals surface area contributed by atoms with E-state index >= 15 is 0 Å². The highest BCUT2D eigenvalue weighted by Crippen LogP contribution is 2.11. The first-order chi connectivity index (χ1) is 13.6. The fourth-order valence-electron chi connectivity index (χ4n) is 2.98. The summed E-state index contributed by atoms with van der Waals surface area (Å²) in [6.45, 7) is 4.82. The Labute approximate surface area is 188 Å². The summed E-state index contributed by atoms with van der Waals surface area (Å²) in [5.41, 5.74) is 0.529. The molecule has 0 spiro atoms. The molecule has 1 aromatic rings. The Morgan fingerprint density at radius 2 is 1.93 bits per heavy atom. The minimum Gasteiger partial charge on any atom is -0.357 e. The van der Waals surface area contributed by atoms with Crippen LogP contribution in [0.5, 0.6) is 0 Å². The first kappa shape index (κ1) is 25.1. The maximum Gasteiger partial charge on any atom is 0.246 e. The predicted molar refractivity (Wildman–Crippen MR) is 124 cm³/mol. The summed E-state index contributed by atoms with van der Waals surface area (Å²) in [5.74, 6) is 0.171. The van der Waals surface area contributed by atoms with Gasteiger partial charge >= 0.3 is 0 Å². The van der Waals surface area contributed by atoms with Crippen molar-refractivity contribution in [2.75, 3.05) is 38.0 Å². The van der Waals surface area contributed by atoms with Gasteiger partial charge in [-0.05, 0) is 50.5 Å². The van der Waals surface area contributed by atoms with Crippen LogP contribution in [0, 0.1) is 5.82 Å². The van der Waals surface area contributed by atoms with Crippen molar-refractivity contribution < 1.29 is 14.0 Å². The number of nitrogens with zero attached hydrogens (tertiary/aromatic N) is 2. The van der Waals surface area contributed by atoms with Crippen LogP contribution in [0.25, 0.3) is 0 Å². The lowest BCUT2D eigenvalue weighted by Gasteiger charge is -2.20. The van der Waals surface area contributed by atoms with Crippen LogP contribution < -0.4 is 16.0 Å². The highest BCUT2D eigenvalue weighted by molar-refractivity contribution is 14.0. The molecule has 1 aliphatic heterocycles. The van der Waals surface area contributed by atoms with Crippen molar-refractivity contribution in [3.05, 3.63) is 30.1 Å². The molecular formula is C20H31FIN5O2. The van der Waals surface area contributed by atoms with Crippen LogP contribution in [0.3, 0.4) is 0 Å². The molecule has 0 aromatic heterocycles. The van der Waals surface area contributed by atoms with Gasteiger partial charge in [-0.25, -0.2) is 9.38 Å². The third-order valence-corrected chi connectivity index (χ3v) is 4.42. The van der Waals surface area contributed by atoms with Crippen LogP contribution >= 0.6 is 24.0 Å². The summed E-state index contributed by atoms with van der Waals surface area (Å²) < 4.78 is 12.9. The van der Waals surface area contributed by atoms with Crippen molar-refractivity contribution in [2.45, 2.75) is 39.0 Å². The highest BCUT2D eigenvalue weighted by Gasteiger charge is 2.15. The SMILES string of the molecule is CCNC(=NCC(=O)Nc1ccc(F)cc1)NCCCN1CCCCCC1=O.I. The molecule has 0 bridgehead atoms. The number of likely N-dealkylation sites (tertiary alicyclic amines) is 1. The minimum absolute atomic E-state index is 0. The fourth-order valence-corrected chi connectivity index (χ4v) is 2.98. The van der Waals surface area contributed by atoms with Gasteiger partial charge in [0.2, 0.25) is 11.8 Å². The molecule has 2 rings (SSSR count). The van der Waals surface area contributed by atoms with Crippen LogP contribution in [0.4, 0.5) is 10.1 Å². The quantitative estimate of drug-likeness (QED) is 0.214. The molecule has 7 nitrogen and oxygen atoms in total. The molecule has 1 aliphatic rings. The maximum atomic E-state index is 12.9. The monoisotopic (exact) mass is 519 g/mol. The van der Waals surface area contributed by atoms with Crippen molar-refractivity contribution >= 4 is 47.4 Å². The molecule has 29 heavy (non-hydrogen) atoms. The fraction of sp³-hybridized carbons (Fsp3) is 0.550. The molecule has 1 saturated heterocycles. The molecule has 9 heteroatoms. The van der Waals surface area contributed by atoms with E-state index in [0.717, 1.165) is 38.8 Å². The average molecular weight is 519 g/mol. The van der Waals surface area contributed by atoms with Crippen molar-refractivity contribution in [3.63, 3.8) is 0 Å². The number of guanidine groups is 1. The van der Waals surface area contributed by atoms with Gasteiger partial charge in [0.1, 0.15) is 12.4 Å². The van der Waals surface area contributed by atoms with Gasteiger partial charge in [0.15, 0.2) is 5.96 Å². The number of amides is 2. The van der Waals surface area contributed by atoms with E-state index < -0.39 is 0 Å². The number of carbonyl (C=O) groups excluding carboxylic acids is 2. The second kappa shape index (κ2) is 14.1. The van der Waals surface area contributed by atoms with Crippen LogP contribution in [0.2, 0.25) is 0 Å². The van der Waals surface area contributed by atoms with Gasteiger partial charge in [-0.2, -0.15) is 0 Å². The molecule has 0 radical (unpaired) electrons. The second-order valence-electron chi connectivity index (χ2n) is 6.72. The molecule has 1 fully saturated rings. The molecule has 1 aromatic carbocycles. The lowest BCUT2D eigenvalue weighted by molar-refractivity contribution is -0.130. The molecule has 0 atom stereocenters. The third-order valence-electron chi connectivity index (χ3n) is 4.42. The van der Waals surface area contributed by atoms with E-state index in [1.165, 1.54) is 24.3 Å². The lowest BCUT2D eigenvalue weighted by atomic mass is 10.2. The number of aliphatic imine (C=N–C) groups is 1. The van der Waals surface area contributed by atoms with Gasteiger partial charge in [-0.15, -0.1) is 24.0 Å². The van der Waals surface area contributed by atoms with E-state index in [1.54, 1.807) is 0 Å². The summed E-state index contributed by atoms with van der Waals surface area (Å²) in [6.07, 6.45) is 4.66. The predicted octanol–water partition coefficient (Wildman–Crippen LogP) is 2.73. The summed E-state index contributed by atoms with van der Waals surface area (Å²) in [6, 6.07) is 5.59. The van der Waals surface area contributed by atoms with Crippen LogP contribution in [-0.4, -0.2) is 55.4 Å². The smallest absolute Gasteiger partial charge is 0.246 e. The van der Waals surface area contributed by atoms with E-state index in [2.05, 4.69) is 20.9 Å². The lowest BCUT2D eigenvalue weighted by Crippen LogP contribution is -2.40. The van der Waals surface area contributed by atoms with Crippen molar-refractivity contribution in [1.82, 2.24) is 15.5 Å². The summed E-state index contributed by atoms with van der Waals surface area (Å²) in [4.78, 5) is 30.2. The van der Waals surface area contributed by atoms with Gasteiger partial charge in [-0.3, -0.25) is 9.59 Å². The Balaban J connectivity index is 0.00000420. The number of anilines is 1. The Bertz CT molecular complexity index is 669. The van der Waals surface area contributed by atoms with E-state index in [9.17, 15) is 14.0 Å². The van der Waals surface area contributed by atoms with E-state index in [-0.39, 0.29) is 48.2 Å². The number of halogens is 2. The largest absolute Gasteiger partial charge is 0.357 e. The topological polar surface area (TPSA) is 85.8 Å². The normalized spacial score (nSPS) is 14.6. The van der Waals surface area contributed by atoms with Crippen LogP contribution in [-0.2, 0) is 9.59 Å². The number of hydrogen-bond donors (Lipinski definition) is 3. The number of carbonyl (C=O) groups is 2. The highest BCUT2D eigenvalue weighted by atomic mass is 127. The summed E-state index contributed by atoms with van der Waals surface area (Å²) >= 11 is 0. The Kier molecular flexibility index (Phi) is 12.2. The van der Waals surface area contributed by atoms with Crippen molar-refractivity contribution in [3.8, 4) is 0 Å². The molecule has 2 amide bonds. The third kappa shape index (κ3) is 9.91. The number of benzene rings is 1. The van der Waals surface area contributed by atoms with Gasteiger partial charge in [0.05, 0.1) is 0 Å². The maximum absolute atomic E-state index is 12.9. The van der Waals surface area contributed by atoms with E-state index in [1.807, 2.05) is 11.8 Å². The van der Waals surface area contributed by atoms with Gasteiger partial charge in [0, 0.05) is 38.3 Å². The van der Waals surface area contributed by atoms with Gasteiger partial charge < -0.3 is 20.9 Å². The molecule has 0 aliphatic carbocycles. The number of rotatable bonds is 8. The van der Waals surface area contributed by atoms with Crippen molar-refractivity contribution in [1.29, 1.82) is 0 Å². The standard InChI is InChI=1S/C20H30FN5O2.HI/c1-2-22-20(23-12-6-14-26-13-5-3-4-7-19(26)28)24-15-18(27)25-17-10-8-16(21)9-11-17;/h8-11H,2-7,12-15H2,1H3,(H,25,27)(H2,22,23,24);1H. The number of nitrogens with one attached hydrogen (secondary N) is 3. The molecule has 0 unspecified atom stereocenters. The minimum atomic E-state index is -0.350. The van der Waals surface area contributed by atoms with E-state index in [4.69, 9.17) is 0 Å². The Hall–Kier alpha value is -1.91. The van der Waals surface area contributed by atoms with Gasteiger partial charge in [0.25, 0.3) is 0 Å². The molecule has 0 saturated carbocycles. The molecular weight excluding hydrogens is 488 g/mol. The molecule has 1 heterocycles. The number of hydrogen-bond acceptors (Lipinski definition) is 3. The zero-order valence-electron chi connectivity index (χ0n) is 16.9. The summed E-state index contributed by atoms with van der Waals surface area (Å²) in [7, 11) is 0. The van der Waals surface area contributed by atoms with Gasteiger partial charge in [-0.1, -0.05) is 6.42 Å². The second-order valence-corrected chi connectivity index (χ2v) is 6.72. The molecule has 3 N–H and O–H groups in total. The molecule has 162 valence electrons. The van der Waals surface area contributed by atoms with E-state index in [0.29, 0.717) is 31.2 Å². The average Bonchev–Trinajstić information content (AvgIpc) is 2.89. The zero-order valence-corrected chi connectivity index (χ0v) is 19.2. The Morgan fingerprint density at radius 3 is 2.66 bits per heavy atom. The zero-order chi connectivity index (χ0) is 20.2. The first-order valence-corrected chi connectivity index (χ1v) is 9.94. The first-order valence-electron chi connectivity index (χ1n) is 9.94. The summed E-state index contributed by atoms with van der Waals surface area (Å²) in [5, 5.41) is 8.96. The van der Waals surface area contributed by atoms with Crippen LogP contribution in [0.15, 0.2) is 29.3 Å². The van der Waals surface area contributed by atoms with Crippen molar-refractivity contribution in [2.24, 2.45) is 4.99 Å².